The van der Waals surface area contributed by atoms with Gasteiger partial charge in [0.25, 0.3) is 5.91 Å². The molecular weight excluding hydrogens is 298 g/mol. The highest BCUT2D eigenvalue weighted by Gasteiger charge is 2.14. The molecule has 1 aromatic carbocycles. The van der Waals surface area contributed by atoms with E-state index in [4.69, 9.17) is 9.47 Å². The van der Waals surface area contributed by atoms with E-state index in [-0.39, 0.29) is 5.91 Å². The van der Waals surface area contributed by atoms with Gasteiger partial charge in [0.15, 0.2) is 6.10 Å². The predicted octanol–water partition coefficient (Wildman–Crippen LogP) is 2.49. The molecule has 4 nitrogen and oxygen atoms in total. The first-order valence-corrected chi connectivity index (χ1v) is 6.24. The Bertz CT molecular complexity index is 417. The van der Waals surface area contributed by atoms with E-state index in [1.54, 1.807) is 38.3 Å². The number of nitrogens with one attached hydrogen (secondary N) is 1. The van der Waals surface area contributed by atoms with E-state index in [1.165, 1.54) is 0 Å². The van der Waals surface area contributed by atoms with Gasteiger partial charge in [0, 0.05) is 11.0 Å². The van der Waals surface area contributed by atoms with Crippen LogP contribution in [-0.4, -0.2) is 25.7 Å². The van der Waals surface area contributed by atoms with Crippen molar-refractivity contribution in [2.45, 2.75) is 13.0 Å². The molecule has 0 radical (unpaired) electrons. The molecular formula is C13H16BrNO3. The standard InChI is InChI=1S/C13H16BrNO3/c1-9(14)8-15-13(16)10(2)18-12-6-4-11(17-3)5-7-12/h4-7,10H,1,8H2,2-3H3,(H,15,16). The van der Waals surface area contributed by atoms with Crippen LogP contribution in [0, 0.1) is 0 Å². The highest BCUT2D eigenvalue weighted by molar-refractivity contribution is 9.11. The third kappa shape index (κ3) is 4.79. The fraction of sp³-hybridized carbons (Fsp3) is 0.308. The van der Waals surface area contributed by atoms with Crippen LogP contribution in [-0.2, 0) is 4.79 Å². The van der Waals surface area contributed by atoms with Crippen LogP contribution in [0.25, 0.3) is 0 Å². The Morgan fingerprint density at radius 2 is 1.94 bits per heavy atom. The van der Waals surface area contributed by atoms with Crippen molar-refractivity contribution in [3.05, 3.63) is 35.3 Å². The molecule has 0 saturated carbocycles. The molecule has 1 N–H and O–H groups in total. The molecule has 1 rings (SSSR count). The van der Waals surface area contributed by atoms with Gasteiger partial charge in [-0.25, -0.2) is 0 Å². The number of hydrogen-bond donors (Lipinski definition) is 1. The van der Waals surface area contributed by atoms with Crippen molar-refractivity contribution < 1.29 is 14.3 Å². The van der Waals surface area contributed by atoms with Crippen molar-refractivity contribution in [3.8, 4) is 11.5 Å². The zero-order valence-electron chi connectivity index (χ0n) is 10.4. The number of halogens is 1. The molecule has 0 aliphatic rings. The highest BCUT2D eigenvalue weighted by Crippen LogP contribution is 2.18. The van der Waals surface area contributed by atoms with Gasteiger partial charge in [-0.3, -0.25) is 4.79 Å². The summed E-state index contributed by atoms with van der Waals surface area (Å²) in [4.78, 5) is 11.7. The van der Waals surface area contributed by atoms with E-state index >= 15 is 0 Å². The Kier molecular flexibility index (Phi) is 5.71. The van der Waals surface area contributed by atoms with Gasteiger partial charge >= 0.3 is 0 Å². The first-order chi connectivity index (χ1) is 8.52. The monoisotopic (exact) mass is 313 g/mol. The van der Waals surface area contributed by atoms with E-state index in [0.717, 1.165) is 5.75 Å². The topological polar surface area (TPSA) is 47.6 Å². The first-order valence-electron chi connectivity index (χ1n) is 5.44. The summed E-state index contributed by atoms with van der Waals surface area (Å²) in [7, 11) is 1.60. The summed E-state index contributed by atoms with van der Waals surface area (Å²) < 4.78 is 11.2. The number of amides is 1. The van der Waals surface area contributed by atoms with Crippen LogP contribution in [0.15, 0.2) is 35.3 Å². The molecule has 0 spiro atoms. The maximum atomic E-state index is 11.7. The molecule has 98 valence electrons. The van der Waals surface area contributed by atoms with Crippen molar-refractivity contribution in [2.24, 2.45) is 0 Å². The highest BCUT2D eigenvalue weighted by atomic mass is 79.9. The summed E-state index contributed by atoms with van der Waals surface area (Å²) in [5, 5.41) is 2.69. The summed E-state index contributed by atoms with van der Waals surface area (Å²) in [6, 6.07) is 7.07. The second-order valence-electron chi connectivity index (χ2n) is 3.67. The normalized spacial score (nSPS) is 11.5. The lowest BCUT2D eigenvalue weighted by Crippen LogP contribution is -2.36. The van der Waals surface area contributed by atoms with Gasteiger partial charge in [0.1, 0.15) is 11.5 Å². The summed E-state index contributed by atoms with van der Waals surface area (Å²) in [6.45, 7) is 5.71. The summed E-state index contributed by atoms with van der Waals surface area (Å²) in [5.74, 6) is 1.18. The van der Waals surface area contributed by atoms with Gasteiger partial charge in [-0.1, -0.05) is 22.5 Å². The van der Waals surface area contributed by atoms with Gasteiger partial charge in [0.05, 0.1) is 7.11 Å². The third-order valence-electron chi connectivity index (χ3n) is 2.20. The number of methoxy groups -OCH3 is 1. The van der Waals surface area contributed by atoms with Gasteiger partial charge in [-0.2, -0.15) is 0 Å². The minimum absolute atomic E-state index is 0.189. The van der Waals surface area contributed by atoms with Crippen molar-refractivity contribution >= 4 is 21.8 Å². The fourth-order valence-corrected chi connectivity index (χ4v) is 1.38. The Balaban J connectivity index is 2.49. The fourth-order valence-electron chi connectivity index (χ4n) is 1.24. The molecule has 0 bridgehead atoms. The lowest BCUT2D eigenvalue weighted by molar-refractivity contribution is -0.127. The van der Waals surface area contributed by atoms with Crippen LogP contribution < -0.4 is 14.8 Å². The molecule has 0 aromatic heterocycles. The molecule has 0 heterocycles. The molecule has 0 aliphatic heterocycles. The summed E-state index contributed by atoms with van der Waals surface area (Å²) in [6.07, 6.45) is -0.565. The number of benzene rings is 1. The Hall–Kier alpha value is -1.49. The van der Waals surface area contributed by atoms with Crippen LogP contribution in [0.5, 0.6) is 11.5 Å². The number of carbonyl (C=O) groups excluding carboxylic acids is 1. The molecule has 5 heteroatoms. The van der Waals surface area contributed by atoms with Crippen LogP contribution in [0.1, 0.15) is 6.92 Å². The molecule has 1 atom stereocenters. The number of ether oxygens (including phenoxy) is 2. The third-order valence-corrected chi connectivity index (χ3v) is 2.48. The van der Waals surface area contributed by atoms with Crippen molar-refractivity contribution in [1.29, 1.82) is 0 Å². The van der Waals surface area contributed by atoms with E-state index in [0.29, 0.717) is 16.8 Å². The van der Waals surface area contributed by atoms with E-state index in [2.05, 4.69) is 27.8 Å². The quantitative estimate of drug-likeness (QED) is 0.877. The number of hydrogen-bond acceptors (Lipinski definition) is 3. The zero-order valence-corrected chi connectivity index (χ0v) is 12.0. The van der Waals surface area contributed by atoms with Crippen LogP contribution >= 0.6 is 15.9 Å². The van der Waals surface area contributed by atoms with E-state index in [1.807, 2.05) is 0 Å². The maximum Gasteiger partial charge on any atom is 0.261 e. The Morgan fingerprint density at radius 1 is 1.39 bits per heavy atom. The van der Waals surface area contributed by atoms with Gasteiger partial charge in [-0.05, 0) is 31.2 Å². The average Bonchev–Trinajstić information content (AvgIpc) is 2.36. The van der Waals surface area contributed by atoms with Crippen LogP contribution in [0.2, 0.25) is 0 Å². The molecule has 0 saturated heterocycles. The number of carbonyl (C=O) groups is 1. The van der Waals surface area contributed by atoms with Gasteiger partial charge < -0.3 is 14.8 Å². The minimum Gasteiger partial charge on any atom is -0.497 e. The zero-order chi connectivity index (χ0) is 13.5. The Labute approximate surface area is 115 Å². The average molecular weight is 314 g/mol. The molecule has 1 aromatic rings. The van der Waals surface area contributed by atoms with Gasteiger partial charge in [0.2, 0.25) is 0 Å². The van der Waals surface area contributed by atoms with Crippen molar-refractivity contribution in [3.63, 3.8) is 0 Å². The lowest BCUT2D eigenvalue weighted by Gasteiger charge is -2.14. The molecule has 1 unspecified atom stereocenters. The smallest absolute Gasteiger partial charge is 0.261 e. The molecule has 1 amide bonds. The van der Waals surface area contributed by atoms with E-state index in [9.17, 15) is 4.79 Å². The largest absolute Gasteiger partial charge is 0.497 e. The summed E-state index contributed by atoms with van der Waals surface area (Å²) in [5.41, 5.74) is 0. The van der Waals surface area contributed by atoms with E-state index < -0.39 is 6.10 Å². The minimum atomic E-state index is -0.565. The Morgan fingerprint density at radius 3 is 2.44 bits per heavy atom. The van der Waals surface area contributed by atoms with Crippen LogP contribution in [0.3, 0.4) is 0 Å². The second-order valence-corrected chi connectivity index (χ2v) is 4.79. The van der Waals surface area contributed by atoms with Crippen molar-refractivity contribution in [2.75, 3.05) is 13.7 Å². The SMILES string of the molecule is C=C(Br)CNC(=O)C(C)Oc1ccc(OC)cc1. The summed E-state index contributed by atoms with van der Waals surface area (Å²) >= 11 is 3.17. The number of rotatable bonds is 6. The second kappa shape index (κ2) is 7.06. The predicted molar refractivity (Wildman–Crippen MR) is 74.2 cm³/mol. The van der Waals surface area contributed by atoms with Crippen LogP contribution in [0.4, 0.5) is 0 Å². The molecule has 18 heavy (non-hydrogen) atoms. The lowest BCUT2D eigenvalue weighted by atomic mass is 10.3. The molecule has 0 aliphatic carbocycles. The van der Waals surface area contributed by atoms with Gasteiger partial charge in [-0.15, -0.1) is 0 Å². The first kappa shape index (κ1) is 14.6. The van der Waals surface area contributed by atoms with Crippen molar-refractivity contribution in [1.82, 2.24) is 5.32 Å². The molecule has 0 fully saturated rings. The maximum absolute atomic E-state index is 11.7.